The minimum Gasteiger partial charge on any atom is -0.309 e. The number of likely N-dealkylation sites (N-methyl/N-ethyl adjacent to an activating group) is 1. The second-order valence-corrected chi connectivity index (χ2v) is 6.01. The first-order valence-electron chi connectivity index (χ1n) is 6.36. The number of thiazole rings is 1. The molecule has 0 radical (unpaired) electrons. The summed E-state index contributed by atoms with van der Waals surface area (Å²) in [5, 5.41) is 10.3. The van der Waals surface area contributed by atoms with Gasteiger partial charge in [0.1, 0.15) is 5.69 Å². The maximum Gasteiger partial charge on any atom is 0.195 e. The van der Waals surface area contributed by atoms with E-state index in [0.717, 1.165) is 42.5 Å². The molecule has 0 bridgehead atoms. The summed E-state index contributed by atoms with van der Waals surface area (Å²) in [6, 6.07) is 0. The molecule has 0 aliphatic heterocycles. The largest absolute Gasteiger partial charge is 0.309 e. The van der Waals surface area contributed by atoms with Gasteiger partial charge >= 0.3 is 0 Å². The normalized spacial score (nSPS) is 11.4. The topological polar surface area (TPSA) is 49.7 Å². The zero-order chi connectivity index (χ0) is 13.8. The van der Waals surface area contributed by atoms with Crippen LogP contribution in [0.4, 0.5) is 0 Å². The molecule has 0 saturated carbocycles. The monoisotopic (exact) mass is 297 g/mol. The van der Waals surface area contributed by atoms with Crippen molar-refractivity contribution in [3.05, 3.63) is 15.2 Å². The summed E-state index contributed by atoms with van der Waals surface area (Å²) < 4.78 is 2.68. The smallest absolute Gasteiger partial charge is 0.195 e. The van der Waals surface area contributed by atoms with Crippen molar-refractivity contribution < 1.29 is 0 Å². The summed E-state index contributed by atoms with van der Waals surface area (Å²) in [4.78, 5) is 6.81. The molecule has 7 heteroatoms. The van der Waals surface area contributed by atoms with E-state index in [-0.39, 0.29) is 0 Å². The number of hydrogen-bond acceptors (Lipinski definition) is 5. The summed E-state index contributed by atoms with van der Waals surface area (Å²) in [7, 11) is 4.14. The number of aromatic nitrogens is 4. The molecule has 0 unspecified atom stereocenters. The molecule has 5 nitrogen and oxygen atoms in total. The SMILES string of the molecule is CCCn1c(-c2csc(CCN(C)C)n2)n[nH]c1=S. The van der Waals surface area contributed by atoms with Crippen LogP contribution in [0.2, 0.25) is 0 Å². The van der Waals surface area contributed by atoms with Gasteiger partial charge in [-0.05, 0) is 32.7 Å². The van der Waals surface area contributed by atoms with Gasteiger partial charge in [0.25, 0.3) is 0 Å². The van der Waals surface area contributed by atoms with E-state index < -0.39 is 0 Å². The van der Waals surface area contributed by atoms with Gasteiger partial charge in [-0.15, -0.1) is 11.3 Å². The van der Waals surface area contributed by atoms with E-state index in [1.165, 1.54) is 0 Å². The first-order valence-corrected chi connectivity index (χ1v) is 7.65. The quantitative estimate of drug-likeness (QED) is 0.833. The second kappa shape index (κ2) is 6.40. The molecule has 0 aliphatic carbocycles. The van der Waals surface area contributed by atoms with Gasteiger partial charge in [-0.1, -0.05) is 6.92 Å². The van der Waals surface area contributed by atoms with Crippen molar-refractivity contribution in [1.82, 2.24) is 24.6 Å². The number of aromatic amines is 1. The predicted molar refractivity (Wildman–Crippen MR) is 81.1 cm³/mol. The molecule has 0 spiro atoms. The maximum absolute atomic E-state index is 5.24. The molecule has 0 saturated heterocycles. The highest BCUT2D eigenvalue weighted by molar-refractivity contribution is 7.71. The van der Waals surface area contributed by atoms with Crippen LogP contribution in [0.5, 0.6) is 0 Å². The average Bonchev–Trinajstić information content (AvgIpc) is 2.95. The van der Waals surface area contributed by atoms with Crippen molar-refractivity contribution >= 4 is 23.6 Å². The molecule has 19 heavy (non-hydrogen) atoms. The number of hydrogen-bond donors (Lipinski definition) is 1. The standard InChI is InChI=1S/C12H19N5S2/c1-4-6-17-11(14-15-12(17)18)9-8-19-10(13-9)5-7-16(2)3/h8H,4-7H2,1-3H3,(H,15,18). The molecule has 2 aromatic heterocycles. The van der Waals surface area contributed by atoms with E-state index >= 15 is 0 Å². The molecular weight excluding hydrogens is 278 g/mol. The summed E-state index contributed by atoms with van der Waals surface area (Å²) in [5.74, 6) is 0.846. The highest BCUT2D eigenvalue weighted by Crippen LogP contribution is 2.21. The van der Waals surface area contributed by atoms with E-state index in [1.807, 2.05) is 4.57 Å². The number of nitrogens with zero attached hydrogens (tertiary/aromatic N) is 4. The predicted octanol–water partition coefficient (Wildman–Crippen LogP) is 2.58. The van der Waals surface area contributed by atoms with Crippen molar-refractivity contribution in [2.24, 2.45) is 0 Å². The van der Waals surface area contributed by atoms with Gasteiger partial charge in [0.05, 0.1) is 5.01 Å². The molecule has 0 amide bonds. The van der Waals surface area contributed by atoms with Crippen LogP contribution in [0.15, 0.2) is 5.38 Å². The van der Waals surface area contributed by atoms with Crippen molar-refractivity contribution in [2.75, 3.05) is 20.6 Å². The van der Waals surface area contributed by atoms with Crippen LogP contribution in [0.25, 0.3) is 11.5 Å². The third-order valence-electron chi connectivity index (χ3n) is 2.76. The van der Waals surface area contributed by atoms with E-state index in [1.54, 1.807) is 11.3 Å². The minimum atomic E-state index is 0.666. The molecule has 104 valence electrons. The van der Waals surface area contributed by atoms with Gasteiger partial charge in [0.2, 0.25) is 0 Å². The first kappa shape index (κ1) is 14.4. The first-order chi connectivity index (χ1) is 9.11. The van der Waals surface area contributed by atoms with Crippen molar-refractivity contribution in [3.63, 3.8) is 0 Å². The van der Waals surface area contributed by atoms with Crippen LogP contribution < -0.4 is 0 Å². The van der Waals surface area contributed by atoms with Crippen LogP contribution >= 0.6 is 23.6 Å². The van der Waals surface area contributed by atoms with Crippen molar-refractivity contribution in [1.29, 1.82) is 0 Å². The van der Waals surface area contributed by atoms with Gasteiger partial charge < -0.3 is 4.90 Å². The molecule has 0 fully saturated rings. The minimum absolute atomic E-state index is 0.666. The third-order valence-corrected chi connectivity index (χ3v) is 3.98. The Balaban J connectivity index is 2.20. The third kappa shape index (κ3) is 3.49. The fourth-order valence-corrected chi connectivity index (χ4v) is 2.78. The summed E-state index contributed by atoms with van der Waals surface area (Å²) in [6.45, 7) is 4.01. The molecule has 1 N–H and O–H groups in total. The fourth-order valence-electron chi connectivity index (χ4n) is 1.79. The van der Waals surface area contributed by atoms with Crippen LogP contribution in [0, 0.1) is 4.77 Å². The average molecular weight is 297 g/mol. The second-order valence-electron chi connectivity index (χ2n) is 4.68. The van der Waals surface area contributed by atoms with Gasteiger partial charge in [-0.3, -0.25) is 9.67 Å². The Morgan fingerprint density at radius 2 is 2.26 bits per heavy atom. The zero-order valence-corrected chi connectivity index (χ0v) is 13.1. The van der Waals surface area contributed by atoms with E-state index in [4.69, 9.17) is 12.2 Å². The lowest BCUT2D eigenvalue weighted by molar-refractivity contribution is 0.413. The lowest BCUT2D eigenvalue weighted by Gasteiger charge is -2.06. The Hall–Kier alpha value is -1.05. The van der Waals surface area contributed by atoms with Crippen molar-refractivity contribution in [3.8, 4) is 11.5 Å². The summed E-state index contributed by atoms with van der Waals surface area (Å²) >= 11 is 6.93. The van der Waals surface area contributed by atoms with Crippen LogP contribution in [-0.2, 0) is 13.0 Å². The Labute approximate surface area is 122 Å². The lowest BCUT2D eigenvalue weighted by Crippen LogP contribution is -2.14. The van der Waals surface area contributed by atoms with Crippen LogP contribution in [0.3, 0.4) is 0 Å². The number of H-pyrrole nitrogens is 1. The fraction of sp³-hybridized carbons (Fsp3) is 0.583. The Bertz CT molecular complexity index is 581. The zero-order valence-electron chi connectivity index (χ0n) is 11.5. The molecule has 2 aromatic rings. The Kier molecular flexibility index (Phi) is 4.84. The molecule has 2 heterocycles. The van der Waals surface area contributed by atoms with Gasteiger partial charge in [-0.25, -0.2) is 4.98 Å². The summed E-state index contributed by atoms with van der Waals surface area (Å²) in [5.41, 5.74) is 0.916. The maximum atomic E-state index is 5.24. The van der Waals surface area contributed by atoms with Gasteiger partial charge in [0.15, 0.2) is 10.6 Å². The van der Waals surface area contributed by atoms with E-state index in [0.29, 0.717) is 4.77 Å². The van der Waals surface area contributed by atoms with Crippen LogP contribution in [-0.4, -0.2) is 45.3 Å². The molecule has 0 aliphatic rings. The van der Waals surface area contributed by atoms with E-state index in [9.17, 15) is 0 Å². The number of nitrogens with one attached hydrogen (secondary N) is 1. The molecule has 2 rings (SSSR count). The molecular formula is C12H19N5S2. The van der Waals surface area contributed by atoms with Crippen molar-refractivity contribution in [2.45, 2.75) is 26.3 Å². The molecule has 0 atom stereocenters. The van der Waals surface area contributed by atoms with Gasteiger partial charge in [-0.2, -0.15) is 5.10 Å². The Morgan fingerprint density at radius 3 is 2.95 bits per heavy atom. The summed E-state index contributed by atoms with van der Waals surface area (Å²) in [6.07, 6.45) is 2.00. The van der Waals surface area contributed by atoms with E-state index in [2.05, 4.69) is 46.5 Å². The van der Waals surface area contributed by atoms with Gasteiger partial charge in [0, 0.05) is 24.9 Å². The number of rotatable bonds is 6. The van der Waals surface area contributed by atoms with Crippen LogP contribution in [0.1, 0.15) is 18.4 Å². The Morgan fingerprint density at radius 1 is 1.47 bits per heavy atom. The highest BCUT2D eigenvalue weighted by Gasteiger charge is 2.12. The highest BCUT2D eigenvalue weighted by atomic mass is 32.1. The molecule has 0 aromatic carbocycles. The lowest BCUT2D eigenvalue weighted by atomic mass is 10.4.